The highest BCUT2D eigenvalue weighted by molar-refractivity contribution is 9.10. The third-order valence-electron chi connectivity index (χ3n) is 3.41. The molecule has 1 N–H and O–H groups in total. The molecule has 1 aromatic carbocycles. The Morgan fingerprint density at radius 2 is 2.16 bits per heavy atom. The van der Waals surface area contributed by atoms with Gasteiger partial charge in [-0.05, 0) is 47.8 Å². The van der Waals surface area contributed by atoms with Crippen molar-refractivity contribution in [2.45, 2.75) is 38.7 Å². The first kappa shape index (κ1) is 14.5. The molecule has 0 bridgehead atoms. The summed E-state index contributed by atoms with van der Waals surface area (Å²) in [4.78, 5) is 12.0. The molecule has 1 aliphatic rings. The summed E-state index contributed by atoms with van der Waals surface area (Å²) < 4.78 is 6.54. The van der Waals surface area contributed by atoms with Crippen LogP contribution in [0.1, 0.15) is 41.6 Å². The van der Waals surface area contributed by atoms with Crippen molar-refractivity contribution in [3.05, 3.63) is 33.8 Å². The van der Waals surface area contributed by atoms with Crippen molar-refractivity contribution < 1.29 is 9.53 Å². The van der Waals surface area contributed by atoms with Gasteiger partial charge < -0.3 is 10.1 Å². The number of amides is 1. The van der Waals surface area contributed by atoms with E-state index in [1.54, 1.807) is 0 Å². The van der Waals surface area contributed by atoms with Crippen molar-refractivity contribution in [1.29, 1.82) is 0 Å². The van der Waals surface area contributed by atoms with Crippen molar-refractivity contribution >= 4 is 21.8 Å². The van der Waals surface area contributed by atoms with E-state index in [0.717, 1.165) is 22.9 Å². The van der Waals surface area contributed by atoms with Crippen molar-refractivity contribution in [1.82, 2.24) is 5.32 Å². The fourth-order valence-corrected chi connectivity index (χ4v) is 2.78. The molecular weight excluding hydrogens is 306 g/mol. The van der Waals surface area contributed by atoms with E-state index in [1.165, 1.54) is 12.8 Å². The van der Waals surface area contributed by atoms with E-state index in [1.807, 2.05) is 25.1 Å². The van der Waals surface area contributed by atoms with E-state index >= 15 is 0 Å². The first-order valence-electron chi connectivity index (χ1n) is 6.83. The second kappa shape index (κ2) is 7.06. The summed E-state index contributed by atoms with van der Waals surface area (Å²) in [7, 11) is 0. The van der Waals surface area contributed by atoms with Gasteiger partial charge in [-0.15, -0.1) is 0 Å². The highest BCUT2D eigenvalue weighted by Crippen LogP contribution is 2.20. The quantitative estimate of drug-likeness (QED) is 0.842. The molecule has 3 nitrogen and oxygen atoms in total. The van der Waals surface area contributed by atoms with E-state index in [4.69, 9.17) is 4.74 Å². The summed E-state index contributed by atoms with van der Waals surface area (Å²) in [6.07, 6.45) is 5.28. The van der Waals surface area contributed by atoms with Crippen molar-refractivity contribution in [2.75, 3.05) is 13.2 Å². The summed E-state index contributed by atoms with van der Waals surface area (Å²) in [6, 6.07) is 5.76. The van der Waals surface area contributed by atoms with Crippen LogP contribution in [0.25, 0.3) is 0 Å². The third-order valence-corrected chi connectivity index (χ3v) is 4.10. The molecule has 0 saturated heterocycles. The maximum Gasteiger partial charge on any atom is 0.252 e. The molecule has 1 aromatic rings. The average Bonchev–Trinajstić information content (AvgIpc) is 2.90. The minimum absolute atomic E-state index is 0.0504. The van der Waals surface area contributed by atoms with Crippen LogP contribution in [-0.4, -0.2) is 25.2 Å². The topological polar surface area (TPSA) is 38.3 Å². The molecule has 0 atom stereocenters. The second-order valence-corrected chi connectivity index (χ2v) is 5.87. The summed E-state index contributed by atoms with van der Waals surface area (Å²) in [5.41, 5.74) is 1.76. The number of carbonyl (C=O) groups excluding carboxylic acids is 1. The SMILES string of the molecule is Cc1ccc(Br)c(C(=O)NCCOC2CCCC2)c1. The number of aryl methyl sites for hydroxylation is 1. The molecule has 2 rings (SSSR count). The zero-order valence-corrected chi connectivity index (χ0v) is 12.8. The lowest BCUT2D eigenvalue weighted by atomic mass is 10.1. The number of hydrogen-bond donors (Lipinski definition) is 1. The zero-order valence-electron chi connectivity index (χ0n) is 11.2. The number of hydrogen-bond acceptors (Lipinski definition) is 2. The van der Waals surface area contributed by atoms with E-state index in [0.29, 0.717) is 24.8 Å². The van der Waals surface area contributed by atoms with Crippen LogP contribution in [0.15, 0.2) is 22.7 Å². The smallest absolute Gasteiger partial charge is 0.252 e. The number of benzene rings is 1. The minimum Gasteiger partial charge on any atom is -0.376 e. The Balaban J connectivity index is 1.75. The first-order chi connectivity index (χ1) is 9.16. The van der Waals surface area contributed by atoms with Gasteiger partial charge in [0.1, 0.15) is 0 Å². The van der Waals surface area contributed by atoms with Crippen LogP contribution in [-0.2, 0) is 4.74 Å². The molecule has 0 aromatic heterocycles. The first-order valence-corrected chi connectivity index (χ1v) is 7.62. The number of carbonyl (C=O) groups is 1. The monoisotopic (exact) mass is 325 g/mol. The summed E-state index contributed by atoms with van der Waals surface area (Å²) in [5.74, 6) is -0.0504. The van der Waals surface area contributed by atoms with Gasteiger partial charge in [0.25, 0.3) is 5.91 Å². The van der Waals surface area contributed by atoms with Crippen LogP contribution in [0, 0.1) is 6.92 Å². The summed E-state index contributed by atoms with van der Waals surface area (Å²) in [5, 5.41) is 2.90. The molecular formula is C15H20BrNO2. The summed E-state index contributed by atoms with van der Waals surface area (Å²) in [6.45, 7) is 3.14. The Labute approximate surface area is 122 Å². The molecule has 0 unspecified atom stereocenters. The van der Waals surface area contributed by atoms with Crippen molar-refractivity contribution in [2.24, 2.45) is 0 Å². The Hall–Kier alpha value is -0.870. The highest BCUT2D eigenvalue weighted by atomic mass is 79.9. The van der Waals surface area contributed by atoms with Gasteiger partial charge in [0, 0.05) is 11.0 Å². The normalized spacial score (nSPS) is 15.7. The molecule has 0 radical (unpaired) electrons. The Morgan fingerprint density at radius 3 is 2.89 bits per heavy atom. The van der Waals surface area contributed by atoms with E-state index in [9.17, 15) is 4.79 Å². The van der Waals surface area contributed by atoms with Crippen LogP contribution < -0.4 is 5.32 Å². The number of rotatable bonds is 5. The molecule has 0 aliphatic heterocycles. The standard InChI is InChI=1S/C15H20BrNO2/c1-11-6-7-14(16)13(10-11)15(18)17-8-9-19-12-4-2-3-5-12/h6-7,10,12H,2-5,8-9H2,1H3,(H,17,18). The molecule has 1 saturated carbocycles. The molecule has 4 heteroatoms. The van der Waals surface area contributed by atoms with Gasteiger partial charge in [0.2, 0.25) is 0 Å². The van der Waals surface area contributed by atoms with Gasteiger partial charge in [-0.2, -0.15) is 0 Å². The Morgan fingerprint density at radius 1 is 1.42 bits per heavy atom. The number of ether oxygens (including phenoxy) is 1. The van der Waals surface area contributed by atoms with Gasteiger partial charge in [0.05, 0.1) is 18.3 Å². The maximum atomic E-state index is 12.0. The molecule has 0 heterocycles. The maximum absolute atomic E-state index is 12.0. The fraction of sp³-hybridized carbons (Fsp3) is 0.533. The predicted molar refractivity (Wildman–Crippen MR) is 79.4 cm³/mol. The number of halogens is 1. The largest absolute Gasteiger partial charge is 0.376 e. The predicted octanol–water partition coefficient (Wildman–Crippen LogP) is 3.45. The molecule has 1 amide bonds. The lowest BCUT2D eigenvalue weighted by Gasteiger charge is -2.12. The van der Waals surface area contributed by atoms with E-state index in [-0.39, 0.29) is 5.91 Å². The van der Waals surface area contributed by atoms with Crippen LogP contribution in [0.4, 0.5) is 0 Å². The Bertz CT molecular complexity index is 442. The second-order valence-electron chi connectivity index (χ2n) is 5.02. The van der Waals surface area contributed by atoms with E-state index in [2.05, 4.69) is 21.2 Å². The van der Waals surface area contributed by atoms with Crippen LogP contribution in [0.2, 0.25) is 0 Å². The lowest BCUT2D eigenvalue weighted by Crippen LogP contribution is -2.28. The van der Waals surface area contributed by atoms with Crippen LogP contribution in [0.3, 0.4) is 0 Å². The highest BCUT2D eigenvalue weighted by Gasteiger charge is 2.15. The molecule has 0 spiro atoms. The molecule has 19 heavy (non-hydrogen) atoms. The minimum atomic E-state index is -0.0504. The van der Waals surface area contributed by atoms with E-state index < -0.39 is 0 Å². The number of nitrogens with one attached hydrogen (secondary N) is 1. The molecule has 1 fully saturated rings. The van der Waals surface area contributed by atoms with Gasteiger partial charge in [-0.1, -0.05) is 24.5 Å². The van der Waals surface area contributed by atoms with Crippen molar-refractivity contribution in [3.8, 4) is 0 Å². The summed E-state index contributed by atoms with van der Waals surface area (Å²) >= 11 is 3.40. The molecule has 1 aliphatic carbocycles. The van der Waals surface area contributed by atoms with Crippen LogP contribution in [0.5, 0.6) is 0 Å². The zero-order chi connectivity index (χ0) is 13.7. The van der Waals surface area contributed by atoms with Gasteiger partial charge in [0.15, 0.2) is 0 Å². The third kappa shape index (κ3) is 4.32. The lowest BCUT2D eigenvalue weighted by molar-refractivity contribution is 0.0581. The van der Waals surface area contributed by atoms with Crippen LogP contribution >= 0.6 is 15.9 Å². The van der Waals surface area contributed by atoms with Gasteiger partial charge in [-0.25, -0.2) is 0 Å². The van der Waals surface area contributed by atoms with Crippen molar-refractivity contribution in [3.63, 3.8) is 0 Å². The van der Waals surface area contributed by atoms with Gasteiger partial charge >= 0.3 is 0 Å². The average molecular weight is 326 g/mol. The molecule has 104 valence electrons. The van der Waals surface area contributed by atoms with Gasteiger partial charge in [-0.3, -0.25) is 4.79 Å². The fourth-order valence-electron chi connectivity index (χ4n) is 2.35. The Kier molecular flexibility index (Phi) is 5.40.